The van der Waals surface area contributed by atoms with Crippen LogP contribution in [0.15, 0.2) is 71.0 Å². The fourth-order valence-corrected chi connectivity index (χ4v) is 5.02. The minimum absolute atomic E-state index is 0.214. The van der Waals surface area contributed by atoms with Crippen LogP contribution in [0.4, 0.5) is 5.69 Å². The van der Waals surface area contributed by atoms with Gasteiger partial charge in [0.05, 0.1) is 15.8 Å². The molecule has 0 radical (unpaired) electrons. The second kappa shape index (κ2) is 8.10. The van der Waals surface area contributed by atoms with Crippen LogP contribution in [0, 0.1) is 0 Å². The average Bonchev–Trinajstić information content (AvgIpc) is 3.48. The molecule has 0 fully saturated rings. The van der Waals surface area contributed by atoms with Crippen molar-refractivity contribution in [1.29, 1.82) is 0 Å². The Bertz CT molecular complexity index is 1470. The molecule has 0 spiro atoms. The minimum Gasteiger partial charge on any atom is -0.321 e. The molecule has 0 aliphatic carbocycles. The summed E-state index contributed by atoms with van der Waals surface area (Å²) in [6.45, 7) is 0.296. The summed E-state index contributed by atoms with van der Waals surface area (Å²) >= 11 is 8.80. The van der Waals surface area contributed by atoms with E-state index in [1.54, 1.807) is 29.8 Å². The Balaban J connectivity index is 1.33. The zero-order valence-electron chi connectivity index (χ0n) is 15.9. The van der Waals surface area contributed by atoms with E-state index in [4.69, 9.17) is 11.6 Å². The number of thiophene rings is 1. The van der Waals surface area contributed by atoms with Crippen molar-refractivity contribution in [2.75, 3.05) is 5.32 Å². The van der Waals surface area contributed by atoms with Crippen LogP contribution in [0.1, 0.15) is 16.1 Å². The van der Waals surface area contributed by atoms with Gasteiger partial charge in [0.15, 0.2) is 5.65 Å². The molecule has 0 bridgehead atoms. The highest BCUT2D eigenvalue weighted by molar-refractivity contribution is 7.23. The number of pyridine rings is 1. The minimum atomic E-state index is -0.299. The Morgan fingerprint density at radius 1 is 1.13 bits per heavy atom. The molecule has 0 saturated carbocycles. The molecule has 10 heteroatoms. The van der Waals surface area contributed by atoms with Gasteiger partial charge in [-0.05, 0) is 42.0 Å². The standard InChI is InChI=1S/C21H14ClN5O2S2/c22-17-8-7-16(31-17)20-24-15(12-30-20)19(28)23-14-5-3-4-13(10-14)11-27-21(29)26-9-2-1-6-18(26)25-27/h1-10,12H,11H2,(H,23,28). The van der Waals surface area contributed by atoms with Gasteiger partial charge in [0, 0.05) is 17.3 Å². The van der Waals surface area contributed by atoms with Crippen molar-refractivity contribution < 1.29 is 4.79 Å². The van der Waals surface area contributed by atoms with E-state index >= 15 is 0 Å². The summed E-state index contributed by atoms with van der Waals surface area (Å²) in [5.74, 6) is -0.299. The lowest BCUT2D eigenvalue weighted by Crippen LogP contribution is -2.21. The number of nitrogens with zero attached hydrogens (tertiary/aromatic N) is 4. The summed E-state index contributed by atoms with van der Waals surface area (Å²) in [7, 11) is 0. The lowest BCUT2D eigenvalue weighted by molar-refractivity contribution is 0.102. The molecule has 31 heavy (non-hydrogen) atoms. The van der Waals surface area contributed by atoms with Gasteiger partial charge in [-0.25, -0.2) is 14.5 Å². The number of thiazole rings is 1. The molecule has 1 aromatic carbocycles. The van der Waals surface area contributed by atoms with E-state index in [0.717, 1.165) is 15.4 Å². The number of hydrogen-bond acceptors (Lipinski definition) is 6. The summed E-state index contributed by atoms with van der Waals surface area (Å²) in [5, 5.41) is 9.68. The van der Waals surface area contributed by atoms with Crippen LogP contribution in [0.25, 0.3) is 15.5 Å². The predicted octanol–water partition coefficient (Wildman–Crippen LogP) is 4.64. The van der Waals surface area contributed by atoms with E-state index in [2.05, 4.69) is 15.4 Å². The molecule has 4 heterocycles. The van der Waals surface area contributed by atoms with Gasteiger partial charge in [-0.2, -0.15) is 0 Å². The number of aromatic nitrogens is 4. The Labute approximate surface area is 189 Å². The van der Waals surface area contributed by atoms with E-state index in [9.17, 15) is 9.59 Å². The van der Waals surface area contributed by atoms with E-state index in [-0.39, 0.29) is 11.6 Å². The third kappa shape index (κ3) is 4.02. The van der Waals surface area contributed by atoms with Crippen molar-refractivity contribution in [1.82, 2.24) is 19.2 Å². The molecule has 5 aromatic rings. The number of halogens is 1. The zero-order valence-corrected chi connectivity index (χ0v) is 18.2. The number of hydrogen-bond donors (Lipinski definition) is 1. The van der Waals surface area contributed by atoms with Crippen molar-refractivity contribution in [3.63, 3.8) is 0 Å². The van der Waals surface area contributed by atoms with Crippen LogP contribution >= 0.6 is 34.3 Å². The first-order valence-electron chi connectivity index (χ1n) is 9.22. The molecule has 1 N–H and O–H groups in total. The van der Waals surface area contributed by atoms with Gasteiger partial charge < -0.3 is 5.32 Å². The number of nitrogens with one attached hydrogen (secondary N) is 1. The Morgan fingerprint density at radius 2 is 2.03 bits per heavy atom. The van der Waals surface area contributed by atoms with Crippen LogP contribution < -0.4 is 11.0 Å². The highest BCUT2D eigenvalue weighted by Gasteiger charge is 2.14. The smallest absolute Gasteiger partial charge is 0.321 e. The molecule has 7 nitrogen and oxygen atoms in total. The average molecular weight is 468 g/mol. The van der Waals surface area contributed by atoms with Gasteiger partial charge >= 0.3 is 5.69 Å². The molecule has 4 aromatic heterocycles. The first kappa shape index (κ1) is 19.7. The SMILES string of the molecule is O=C(Nc1cccc(Cn2nc3ccccn3c2=O)c1)c1csc(-c2ccc(Cl)s2)n1. The molecular formula is C21H14ClN5O2S2. The number of carbonyl (C=O) groups excluding carboxylic acids is 1. The molecule has 0 atom stereocenters. The fraction of sp³-hybridized carbons (Fsp3) is 0.0476. The lowest BCUT2D eigenvalue weighted by Gasteiger charge is -2.06. The number of benzene rings is 1. The third-order valence-corrected chi connectivity index (χ3v) is 6.77. The summed E-state index contributed by atoms with van der Waals surface area (Å²) in [5.41, 5.74) is 2.17. The number of anilines is 1. The molecular weight excluding hydrogens is 454 g/mol. The number of rotatable bonds is 5. The second-order valence-electron chi connectivity index (χ2n) is 6.67. The first-order chi connectivity index (χ1) is 15.1. The number of fused-ring (bicyclic) bond motifs is 1. The zero-order chi connectivity index (χ0) is 21.4. The maximum Gasteiger partial charge on any atom is 0.350 e. The van der Waals surface area contributed by atoms with Crippen LogP contribution in [-0.4, -0.2) is 25.1 Å². The summed E-state index contributed by atoms with van der Waals surface area (Å²) in [4.78, 5) is 30.5. The van der Waals surface area contributed by atoms with Crippen molar-refractivity contribution >= 4 is 51.5 Å². The summed E-state index contributed by atoms with van der Waals surface area (Å²) in [6.07, 6.45) is 1.68. The van der Waals surface area contributed by atoms with Gasteiger partial charge in [-0.1, -0.05) is 29.8 Å². The quantitative estimate of drug-likeness (QED) is 0.408. The Hall–Kier alpha value is -3.27. The molecule has 1 amide bonds. The molecule has 0 aliphatic rings. The van der Waals surface area contributed by atoms with E-state index in [1.807, 2.05) is 36.4 Å². The predicted molar refractivity (Wildman–Crippen MR) is 123 cm³/mol. The van der Waals surface area contributed by atoms with Gasteiger partial charge in [-0.3, -0.25) is 9.20 Å². The third-order valence-electron chi connectivity index (χ3n) is 4.53. The van der Waals surface area contributed by atoms with Crippen LogP contribution in [0.5, 0.6) is 0 Å². The maximum atomic E-state index is 12.6. The van der Waals surface area contributed by atoms with Crippen LogP contribution in [-0.2, 0) is 6.54 Å². The topological polar surface area (TPSA) is 81.3 Å². The van der Waals surface area contributed by atoms with Crippen molar-refractivity contribution in [3.05, 3.63) is 92.3 Å². The lowest BCUT2D eigenvalue weighted by atomic mass is 10.2. The van der Waals surface area contributed by atoms with Crippen LogP contribution in [0.2, 0.25) is 4.34 Å². The fourth-order valence-electron chi connectivity index (χ4n) is 3.11. The monoisotopic (exact) mass is 467 g/mol. The number of carbonyl (C=O) groups is 1. The molecule has 0 saturated heterocycles. The molecule has 154 valence electrons. The van der Waals surface area contributed by atoms with Crippen molar-refractivity contribution in [2.45, 2.75) is 6.54 Å². The second-order valence-corrected chi connectivity index (χ2v) is 9.24. The van der Waals surface area contributed by atoms with Gasteiger partial charge in [0.2, 0.25) is 0 Å². The first-order valence-corrected chi connectivity index (χ1v) is 11.3. The van der Waals surface area contributed by atoms with Gasteiger partial charge in [0.1, 0.15) is 10.7 Å². The highest BCUT2D eigenvalue weighted by atomic mass is 35.5. The van der Waals surface area contributed by atoms with Crippen molar-refractivity contribution in [3.8, 4) is 9.88 Å². The largest absolute Gasteiger partial charge is 0.350 e. The summed E-state index contributed by atoms with van der Waals surface area (Å²) < 4.78 is 3.57. The van der Waals surface area contributed by atoms with E-state index in [1.165, 1.54) is 31.8 Å². The normalized spacial score (nSPS) is 11.1. The van der Waals surface area contributed by atoms with Gasteiger partial charge in [-0.15, -0.1) is 27.8 Å². The van der Waals surface area contributed by atoms with Crippen LogP contribution in [0.3, 0.4) is 0 Å². The molecule has 0 aliphatic heterocycles. The van der Waals surface area contributed by atoms with Gasteiger partial charge in [0.25, 0.3) is 5.91 Å². The highest BCUT2D eigenvalue weighted by Crippen LogP contribution is 2.33. The molecule has 0 unspecified atom stereocenters. The number of amides is 1. The van der Waals surface area contributed by atoms with E-state index < -0.39 is 0 Å². The Morgan fingerprint density at radius 3 is 2.84 bits per heavy atom. The van der Waals surface area contributed by atoms with Crippen molar-refractivity contribution in [2.24, 2.45) is 0 Å². The Kier molecular flexibility index (Phi) is 5.14. The van der Waals surface area contributed by atoms with E-state index in [0.29, 0.717) is 27.9 Å². The molecule has 5 rings (SSSR count). The maximum absolute atomic E-state index is 12.6. The summed E-state index contributed by atoms with van der Waals surface area (Å²) in [6, 6.07) is 16.4.